The molecular weight excluding hydrogens is 303 g/mol. The minimum absolute atomic E-state index is 0.0945. The van der Waals surface area contributed by atoms with Crippen LogP contribution in [0.4, 0.5) is 13.2 Å². The van der Waals surface area contributed by atoms with Crippen LogP contribution in [0.1, 0.15) is 24.4 Å². The Hall–Kier alpha value is -1.21. The average Bonchev–Trinajstić information content (AvgIpc) is 3.22. The third kappa shape index (κ3) is 5.24. The normalized spacial score (nSPS) is 16.6. The second kappa shape index (κ2) is 6.70. The predicted molar refractivity (Wildman–Crippen MR) is 73.8 cm³/mol. The van der Waals surface area contributed by atoms with Crippen molar-refractivity contribution >= 4 is 17.7 Å². The fourth-order valence-electron chi connectivity index (χ4n) is 1.92. The van der Waals surface area contributed by atoms with Crippen molar-refractivity contribution < 1.29 is 22.7 Å². The van der Waals surface area contributed by atoms with Gasteiger partial charge in [0.1, 0.15) is 6.04 Å². The summed E-state index contributed by atoms with van der Waals surface area (Å²) in [4.78, 5) is 11.9. The Kier molecular flexibility index (Phi) is 5.16. The lowest BCUT2D eigenvalue weighted by Gasteiger charge is -2.17. The van der Waals surface area contributed by atoms with Crippen molar-refractivity contribution in [2.45, 2.75) is 29.3 Å². The molecule has 21 heavy (non-hydrogen) atoms. The van der Waals surface area contributed by atoms with E-state index in [0.717, 1.165) is 12.8 Å². The van der Waals surface area contributed by atoms with Gasteiger partial charge in [-0.15, -0.1) is 0 Å². The first-order valence-corrected chi connectivity index (χ1v) is 7.37. The number of carbonyl (C=O) groups is 1. The van der Waals surface area contributed by atoms with E-state index >= 15 is 0 Å². The first kappa shape index (κ1) is 16.2. The molecule has 0 saturated heterocycles. The lowest BCUT2D eigenvalue weighted by Crippen LogP contribution is -2.31. The summed E-state index contributed by atoms with van der Waals surface area (Å²) in [6.45, 7) is 0.707. The van der Waals surface area contributed by atoms with Crippen LogP contribution in [-0.4, -0.2) is 25.1 Å². The predicted octanol–water partition coefficient (Wildman–Crippen LogP) is 3.51. The van der Waals surface area contributed by atoms with Gasteiger partial charge in [-0.05, 0) is 54.8 Å². The van der Waals surface area contributed by atoms with Crippen LogP contribution in [0.5, 0.6) is 0 Å². The molecule has 1 aromatic carbocycles. The van der Waals surface area contributed by atoms with Crippen molar-refractivity contribution in [1.29, 1.82) is 0 Å². The van der Waals surface area contributed by atoms with Crippen LogP contribution in [0.15, 0.2) is 29.2 Å². The van der Waals surface area contributed by atoms with E-state index in [1.54, 1.807) is 0 Å². The van der Waals surface area contributed by atoms with Gasteiger partial charge in [0.2, 0.25) is 0 Å². The van der Waals surface area contributed by atoms with Crippen molar-refractivity contribution in [3.8, 4) is 0 Å². The molecule has 1 aliphatic carbocycles. The summed E-state index contributed by atoms with van der Waals surface area (Å²) in [5.41, 5.74) is -3.71. The molecule has 0 amide bonds. The molecule has 0 aliphatic heterocycles. The van der Waals surface area contributed by atoms with Crippen molar-refractivity contribution in [1.82, 2.24) is 5.32 Å². The number of thioether (sulfide) groups is 1. The second-order valence-electron chi connectivity index (χ2n) is 4.92. The Labute approximate surface area is 125 Å². The number of carbonyl (C=O) groups excluding carboxylic acids is 1. The van der Waals surface area contributed by atoms with Gasteiger partial charge in [0.25, 0.3) is 0 Å². The van der Waals surface area contributed by atoms with Crippen molar-refractivity contribution in [2.75, 3.05) is 13.7 Å². The third-order valence-electron chi connectivity index (χ3n) is 3.19. The van der Waals surface area contributed by atoms with Gasteiger partial charge in [-0.2, -0.15) is 13.2 Å². The van der Waals surface area contributed by atoms with E-state index in [-0.39, 0.29) is 16.7 Å². The molecule has 2 rings (SSSR count). The fraction of sp³-hybridized carbons (Fsp3) is 0.500. The van der Waals surface area contributed by atoms with Gasteiger partial charge >= 0.3 is 11.5 Å². The van der Waals surface area contributed by atoms with Gasteiger partial charge in [0.15, 0.2) is 0 Å². The maximum atomic E-state index is 12.3. The number of nitrogens with one attached hydrogen (secondary N) is 1. The molecule has 1 N–H and O–H groups in total. The number of alkyl halides is 3. The summed E-state index contributed by atoms with van der Waals surface area (Å²) in [5, 5.41) is 3.11. The lowest BCUT2D eigenvalue weighted by molar-refractivity contribution is -0.143. The molecule has 1 unspecified atom stereocenters. The van der Waals surface area contributed by atoms with Gasteiger partial charge in [0.05, 0.1) is 7.11 Å². The number of halogens is 3. The Morgan fingerprint density at radius 3 is 2.48 bits per heavy atom. The average molecular weight is 319 g/mol. The highest BCUT2D eigenvalue weighted by Gasteiger charge is 2.30. The first-order valence-electron chi connectivity index (χ1n) is 6.56. The maximum Gasteiger partial charge on any atom is 0.446 e. The number of hydrogen-bond donors (Lipinski definition) is 1. The van der Waals surface area contributed by atoms with E-state index in [2.05, 4.69) is 5.32 Å². The third-order valence-corrected chi connectivity index (χ3v) is 3.93. The van der Waals surface area contributed by atoms with E-state index in [4.69, 9.17) is 4.74 Å². The molecule has 0 bridgehead atoms. The number of esters is 1. The lowest BCUT2D eigenvalue weighted by atomic mass is 10.1. The van der Waals surface area contributed by atoms with Gasteiger partial charge < -0.3 is 10.1 Å². The number of benzene rings is 1. The Bertz CT molecular complexity index is 486. The zero-order chi connectivity index (χ0) is 15.5. The topological polar surface area (TPSA) is 38.3 Å². The summed E-state index contributed by atoms with van der Waals surface area (Å²) in [6, 6.07) is 5.14. The van der Waals surface area contributed by atoms with E-state index < -0.39 is 17.5 Å². The number of ether oxygens (including phenoxy) is 1. The first-order chi connectivity index (χ1) is 9.89. The van der Waals surface area contributed by atoms with E-state index in [1.165, 1.54) is 31.4 Å². The number of hydrogen-bond acceptors (Lipinski definition) is 4. The van der Waals surface area contributed by atoms with E-state index in [0.29, 0.717) is 18.0 Å². The van der Waals surface area contributed by atoms with Crippen LogP contribution in [0.2, 0.25) is 0 Å². The molecule has 3 nitrogen and oxygen atoms in total. The Morgan fingerprint density at radius 1 is 1.38 bits per heavy atom. The van der Waals surface area contributed by atoms with Crippen LogP contribution in [0, 0.1) is 5.92 Å². The van der Waals surface area contributed by atoms with Gasteiger partial charge in [-0.3, -0.25) is 0 Å². The molecule has 1 fully saturated rings. The van der Waals surface area contributed by atoms with Crippen molar-refractivity contribution in [3.05, 3.63) is 29.8 Å². The number of methoxy groups -OCH3 is 1. The molecule has 116 valence electrons. The quantitative estimate of drug-likeness (QED) is 0.643. The molecule has 0 spiro atoms. The summed E-state index contributed by atoms with van der Waals surface area (Å²) in [5.74, 6) is 0.143. The minimum atomic E-state index is -4.31. The summed E-state index contributed by atoms with van der Waals surface area (Å²) in [7, 11) is 1.29. The highest BCUT2D eigenvalue weighted by atomic mass is 32.2. The Balaban J connectivity index is 2.05. The molecule has 1 aliphatic rings. The van der Waals surface area contributed by atoms with Crippen molar-refractivity contribution in [3.63, 3.8) is 0 Å². The van der Waals surface area contributed by atoms with Gasteiger partial charge in [-0.25, -0.2) is 4.79 Å². The summed E-state index contributed by atoms with van der Waals surface area (Å²) in [6.07, 6.45) is 2.28. The SMILES string of the molecule is COC(=O)C(NCC1CC1)c1ccc(SC(F)(F)F)cc1. The van der Waals surface area contributed by atoms with Crippen LogP contribution < -0.4 is 5.32 Å². The molecule has 1 atom stereocenters. The summed E-state index contributed by atoms with van der Waals surface area (Å²) >= 11 is -0.173. The maximum absolute atomic E-state index is 12.3. The Morgan fingerprint density at radius 2 is 2.00 bits per heavy atom. The molecule has 0 aromatic heterocycles. The largest absolute Gasteiger partial charge is 0.468 e. The van der Waals surface area contributed by atoms with E-state index in [9.17, 15) is 18.0 Å². The van der Waals surface area contributed by atoms with Gasteiger partial charge in [0, 0.05) is 4.90 Å². The standard InChI is InChI=1S/C14H16F3NO2S/c1-20-13(19)12(18-8-9-2-3-9)10-4-6-11(7-5-10)21-14(15,16)17/h4-7,9,12,18H,2-3,8H2,1H3. The van der Waals surface area contributed by atoms with Crippen LogP contribution in [0.3, 0.4) is 0 Å². The smallest absolute Gasteiger partial charge is 0.446 e. The highest BCUT2D eigenvalue weighted by Crippen LogP contribution is 2.37. The molecule has 0 heterocycles. The molecular formula is C14H16F3NO2S. The van der Waals surface area contributed by atoms with E-state index in [1.807, 2.05) is 0 Å². The molecule has 1 aromatic rings. The van der Waals surface area contributed by atoms with Crippen LogP contribution in [-0.2, 0) is 9.53 Å². The molecule has 0 radical (unpaired) electrons. The van der Waals surface area contributed by atoms with Crippen LogP contribution >= 0.6 is 11.8 Å². The van der Waals surface area contributed by atoms with Crippen molar-refractivity contribution in [2.24, 2.45) is 5.92 Å². The summed E-state index contributed by atoms with van der Waals surface area (Å²) < 4.78 is 41.6. The fourth-order valence-corrected chi connectivity index (χ4v) is 2.46. The monoisotopic (exact) mass is 319 g/mol. The zero-order valence-electron chi connectivity index (χ0n) is 11.4. The second-order valence-corrected chi connectivity index (χ2v) is 6.06. The van der Waals surface area contributed by atoms with Crippen LogP contribution in [0.25, 0.3) is 0 Å². The minimum Gasteiger partial charge on any atom is -0.468 e. The highest BCUT2D eigenvalue weighted by molar-refractivity contribution is 8.00. The molecule has 1 saturated carbocycles. The van der Waals surface area contributed by atoms with Gasteiger partial charge in [-0.1, -0.05) is 12.1 Å². The molecule has 7 heteroatoms. The zero-order valence-corrected chi connectivity index (χ0v) is 12.3. The number of rotatable bonds is 6.